The fraction of sp³-hybridized carbons (Fsp3) is 0.824. The molecule has 6 nitrogen and oxygen atoms in total. The summed E-state index contributed by atoms with van der Waals surface area (Å²) in [6.07, 6.45) is 1.04. The number of ether oxygens (including phenoxy) is 2. The van der Waals surface area contributed by atoms with Crippen LogP contribution in [0.25, 0.3) is 5.32 Å². The summed E-state index contributed by atoms with van der Waals surface area (Å²) in [5.74, 6) is -0.668. The molecule has 7 heteroatoms. The van der Waals surface area contributed by atoms with Crippen LogP contribution in [0.2, 0.25) is 0 Å². The summed E-state index contributed by atoms with van der Waals surface area (Å²) in [4.78, 5) is 24.4. The minimum Gasteiger partial charge on any atom is -0.596 e. The minimum atomic E-state index is -0.255. The van der Waals surface area contributed by atoms with E-state index in [9.17, 15) is 9.59 Å². The topological polar surface area (TPSA) is 69.9 Å². The molecular weight excluding hydrogens is 385 g/mol. The molecule has 2 rings (SSSR count). The van der Waals surface area contributed by atoms with Crippen molar-refractivity contribution < 1.29 is 51.8 Å². The average molecular weight is 415 g/mol. The van der Waals surface area contributed by atoms with Crippen molar-refractivity contribution in [2.24, 2.45) is 16.7 Å². The van der Waals surface area contributed by atoms with Gasteiger partial charge in [-0.2, -0.15) is 0 Å². The molecule has 137 valence electrons. The van der Waals surface area contributed by atoms with Gasteiger partial charge in [-0.3, -0.25) is 4.90 Å². The molecule has 2 saturated heterocycles. The first-order valence-electron chi connectivity index (χ1n) is 8.02. The van der Waals surface area contributed by atoms with Crippen LogP contribution < -0.4 is 0 Å². The third kappa shape index (κ3) is 7.57. The van der Waals surface area contributed by atoms with Crippen molar-refractivity contribution in [3.8, 4) is 0 Å². The number of amides is 2. The number of hydrogen-bond donors (Lipinski definition) is 0. The van der Waals surface area contributed by atoms with Crippen LogP contribution >= 0.6 is 0 Å². The first-order chi connectivity index (χ1) is 10.6. The van der Waals surface area contributed by atoms with Crippen LogP contribution in [0.1, 0.15) is 47.5 Å². The molecule has 1 radical (unpaired) electrons. The Morgan fingerprint density at radius 3 is 2.04 bits per heavy atom. The average Bonchev–Trinajstić information content (AvgIpc) is 2.76. The Labute approximate surface area is 171 Å². The van der Waals surface area contributed by atoms with E-state index in [1.54, 1.807) is 0 Å². The molecule has 0 N–H and O–H groups in total. The molecule has 2 aliphatic rings. The van der Waals surface area contributed by atoms with E-state index in [0.29, 0.717) is 26.7 Å². The zero-order valence-electron chi connectivity index (χ0n) is 15.6. The first kappa shape index (κ1) is 24.1. The van der Waals surface area contributed by atoms with Crippen LogP contribution in [0, 0.1) is 23.7 Å². The fourth-order valence-electron chi connectivity index (χ4n) is 2.20. The van der Waals surface area contributed by atoms with Crippen molar-refractivity contribution in [1.82, 2.24) is 4.90 Å². The number of hydrogen-bond acceptors (Lipinski definition) is 5. The van der Waals surface area contributed by atoms with Gasteiger partial charge in [0, 0.05) is 38.6 Å². The Morgan fingerprint density at radius 1 is 1.17 bits per heavy atom. The van der Waals surface area contributed by atoms with Crippen LogP contribution in [0.15, 0.2) is 0 Å². The first-order valence-corrected chi connectivity index (χ1v) is 8.02. The van der Waals surface area contributed by atoms with Gasteiger partial charge in [-0.15, -0.1) is 6.54 Å². The summed E-state index contributed by atoms with van der Waals surface area (Å²) >= 11 is 0. The van der Waals surface area contributed by atoms with Gasteiger partial charge >= 0.3 is 0 Å². The Morgan fingerprint density at radius 2 is 1.71 bits per heavy atom. The second-order valence-electron chi connectivity index (χ2n) is 7.76. The summed E-state index contributed by atoms with van der Waals surface area (Å²) in [6, 6.07) is 0. The molecule has 0 spiro atoms. The van der Waals surface area contributed by atoms with Crippen LogP contribution in [0.5, 0.6) is 0 Å². The van der Waals surface area contributed by atoms with E-state index in [-0.39, 0.29) is 61.3 Å². The van der Waals surface area contributed by atoms with E-state index >= 15 is 0 Å². The number of carbonyl (C=O) groups excluding carboxylic acids is 2. The van der Waals surface area contributed by atoms with Crippen LogP contribution in [-0.4, -0.2) is 43.5 Å². The smallest absolute Gasteiger partial charge is 0.150 e. The standard InChI is InChI=1S/C12H21NO2.C5H10NO2.Y/c1-11(2,3)12(4,5)7-8-6-9(14)13-10(8)15;1-2-6-3-7-5-8-4-6;/h8H,6-7H2,1-5H3,(H,13,14,15);1-5H2;/q;-1;/p-1. The third-order valence-corrected chi connectivity index (χ3v) is 4.82. The molecule has 2 aliphatic heterocycles. The van der Waals surface area contributed by atoms with E-state index in [2.05, 4.69) is 46.9 Å². The molecule has 0 bridgehead atoms. The summed E-state index contributed by atoms with van der Waals surface area (Å²) in [5.41, 5.74) is 0.159. The van der Waals surface area contributed by atoms with Gasteiger partial charge in [0.15, 0.2) is 0 Å². The molecule has 24 heavy (non-hydrogen) atoms. The summed E-state index contributed by atoms with van der Waals surface area (Å²) in [6.45, 7) is 16.9. The molecule has 2 amide bonds. The Kier molecular flexibility index (Phi) is 10.4. The van der Waals surface area contributed by atoms with Gasteiger partial charge in [0.1, 0.15) is 20.3 Å². The van der Waals surface area contributed by atoms with E-state index < -0.39 is 0 Å². The summed E-state index contributed by atoms with van der Waals surface area (Å²) < 4.78 is 9.87. The molecule has 0 aliphatic carbocycles. The minimum absolute atomic E-state index is 0. The van der Waals surface area contributed by atoms with Crippen molar-refractivity contribution in [2.45, 2.75) is 47.5 Å². The van der Waals surface area contributed by atoms with Crippen molar-refractivity contribution in [3.05, 3.63) is 12.2 Å². The molecule has 0 aromatic carbocycles. The number of nitrogens with zero attached hydrogens (tertiary/aromatic N) is 2. The van der Waals surface area contributed by atoms with Gasteiger partial charge in [0.2, 0.25) is 0 Å². The Balaban J connectivity index is 0.000000498. The molecule has 0 aromatic heterocycles. The Bertz CT molecular complexity index is 415. The molecule has 1 atom stereocenters. The zero-order chi connectivity index (χ0) is 17.7. The van der Waals surface area contributed by atoms with Crippen LogP contribution in [-0.2, 0) is 51.8 Å². The number of imide groups is 1. The number of rotatable bonds is 3. The zero-order valence-corrected chi connectivity index (χ0v) is 18.5. The van der Waals surface area contributed by atoms with Crippen molar-refractivity contribution in [1.29, 1.82) is 0 Å². The molecule has 0 saturated carbocycles. The molecule has 2 heterocycles. The van der Waals surface area contributed by atoms with Crippen LogP contribution in [0.3, 0.4) is 0 Å². The van der Waals surface area contributed by atoms with Crippen molar-refractivity contribution in [3.63, 3.8) is 0 Å². The van der Waals surface area contributed by atoms with Crippen molar-refractivity contribution in [2.75, 3.05) is 26.8 Å². The van der Waals surface area contributed by atoms with Gasteiger partial charge in [-0.25, -0.2) is 0 Å². The monoisotopic (exact) mass is 415 g/mol. The maximum absolute atomic E-state index is 11.4. The largest absolute Gasteiger partial charge is 0.596 e. The van der Waals surface area contributed by atoms with Gasteiger partial charge in [-0.05, 0) is 23.7 Å². The van der Waals surface area contributed by atoms with E-state index in [1.165, 1.54) is 0 Å². The molecule has 1 unspecified atom stereocenters. The predicted molar refractivity (Wildman–Crippen MR) is 88.2 cm³/mol. The quantitative estimate of drug-likeness (QED) is 0.524. The van der Waals surface area contributed by atoms with E-state index in [4.69, 9.17) is 9.47 Å². The van der Waals surface area contributed by atoms with Gasteiger partial charge in [0.25, 0.3) is 0 Å². The molecular formula is C17H30N2O4Y-2. The van der Waals surface area contributed by atoms with Gasteiger partial charge in [0.05, 0.1) is 11.8 Å². The molecule has 0 aromatic rings. The van der Waals surface area contributed by atoms with E-state index in [0.717, 1.165) is 13.0 Å². The maximum Gasteiger partial charge on any atom is 0.150 e. The molecule has 2 fully saturated rings. The van der Waals surface area contributed by atoms with Gasteiger partial charge in [-0.1, -0.05) is 34.6 Å². The third-order valence-electron chi connectivity index (χ3n) is 4.82. The fourth-order valence-corrected chi connectivity index (χ4v) is 2.20. The summed E-state index contributed by atoms with van der Waals surface area (Å²) in [7, 11) is 0. The normalized spacial score (nSPS) is 22.3. The van der Waals surface area contributed by atoms with E-state index in [1.807, 2.05) is 4.90 Å². The number of carbonyl (C=O) groups is 2. The maximum atomic E-state index is 11.4. The second kappa shape index (κ2) is 10.3. The summed E-state index contributed by atoms with van der Waals surface area (Å²) in [5, 5.41) is 3.46. The Hall–Kier alpha value is 0.124. The van der Waals surface area contributed by atoms with Crippen LogP contribution in [0.4, 0.5) is 0 Å². The second-order valence-corrected chi connectivity index (χ2v) is 7.76. The van der Waals surface area contributed by atoms with Gasteiger partial charge < -0.3 is 31.3 Å². The SMILES string of the molecule is CC(C)(C)C(C)(C)CC1CC(=O)[N-]C1=O.[CH2-]CN1COCOC1.[Y]. The van der Waals surface area contributed by atoms with Crippen molar-refractivity contribution >= 4 is 11.8 Å². The predicted octanol–water partition coefficient (Wildman–Crippen LogP) is 2.93.